The molecule has 78 valence electrons. The largest absolute Gasteiger partial charge is 0.356 e. The zero-order chi connectivity index (χ0) is 10.4. The molecule has 0 aliphatic heterocycles. The van der Waals surface area contributed by atoms with Crippen LogP contribution in [0.2, 0.25) is 0 Å². The van der Waals surface area contributed by atoms with E-state index in [9.17, 15) is 0 Å². The van der Waals surface area contributed by atoms with E-state index in [-0.39, 0.29) is 0 Å². The molecular formula is C10H14BrClN2. The van der Waals surface area contributed by atoms with Gasteiger partial charge in [0, 0.05) is 25.2 Å². The summed E-state index contributed by atoms with van der Waals surface area (Å²) in [5.74, 6) is 1.70. The van der Waals surface area contributed by atoms with E-state index < -0.39 is 0 Å². The normalized spacial score (nSPS) is 10.2. The van der Waals surface area contributed by atoms with Gasteiger partial charge in [-0.25, -0.2) is 4.98 Å². The van der Waals surface area contributed by atoms with Gasteiger partial charge in [0.2, 0.25) is 0 Å². The van der Waals surface area contributed by atoms with Crippen molar-refractivity contribution in [3.63, 3.8) is 0 Å². The van der Waals surface area contributed by atoms with Gasteiger partial charge in [-0.05, 0) is 41.4 Å². The molecule has 1 heterocycles. The molecule has 14 heavy (non-hydrogen) atoms. The molecule has 0 spiro atoms. The SMILES string of the molecule is CCN(CCCCl)c1ncccc1Br. The molecule has 0 atom stereocenters. The summed E-state index contributed by atoms with van der Waals surface area (Å²) in [7, 11) is 0. The summed E-state index contributed by atoms with van der Waals surface area (Å²) < 4.78 is 1.04. The summed E-state index contributed by atoms with van der Waals surface area (Å²) in [5, 5.41) is 0. The first-order chi connectivity index (χ1) is 6.79. The zero-order valence-corrected chi connectivity index (χ0v) is 10.6. The summed E-state index contributed by atoms with van der Waals surface area (Å²) in [6.07, 6.45) is 2.79. The maximum Gasteiger partial charge on any atom is 0.142 e. The number of anilines is 1. The van der Waals surface area contributed by atoms with E-state index in [1.807, 2.05) is 18.3 Å². The maximum absolute atomic E-state index is 5.67. The molecule has 0 unspecified atom stereocenters. The van der Waals surface area contributed by atoms with Crippen LogP contribution in [0, 0.1) is 0 Å². The molecule has 0 bridgehead atoms. The second kappa shape index (κ2) is 6.25. The number of pyridine rings is 1. The third-order valence-corrected chi connectivity index (χ3v) is 2.87. The third-order valence-electron chi connectivity index (χ3n) is 1.98. The summed E-state index contributed by atoms with van der Waals surface area (Å²) in [4.78, 5) is 6.55. The van der Waals surface area contributed by atoms with Crippen molar-refractivity contribution >= 4 is 33.3 Å². The lowest BCUT2D eigenvalue weighted by Gasteiger charge is -2.22. The smallest absolute Gasteiger partial charge is 0.142 e. The fourth-order valence-electron chi connectivity index (χ4n) is 1.27. The van der Waals surface area contributed by atoms with Crippen molar-refractivity contribution < 1.29 is 0 Å². The summed E-state index contributed by atoms with van der Waals surface area (Å²) in [6, 6.07) is 3.93. The predicted octanol–water partition coefficient (Wildman–Crippen LogP) is 3.30. The van der Waals surface area contributed by atoms with Crippen LogP contribution in [0.5, 0.6) is 0 Å². The number of aromatic nitrogens is 1. The number of alkyl halides is 1. The van der Waals surface area contributed by atoms with Crippen LogP contribution >= 0.6 is 27.5 Å². The molecule has 0 fully saturated rings. The Morgan fingerprint density at radius 3 is 2.93 bits per heavy atom. The van der Waals surface area contributed by atoms with E-state index in [2.05, 4.69) is 32.7 Å². The predicted molar refractivity (Wildman–Crippen MR) is 65.2 cm³/mol. The highest BCUT2D eigenvalue weighted by atomic mass is 79.9. The Morgan fingerprint density at radius 2 is 2.36 bits per heavy atom. The minimum absolute atomic E-state index is 0.695. The molecule has 1 aromatic heterocycles. The molecular weight excluding hydrogens is 263 g/mol. The van der Waals surface area contributed by atoms with Gasteiger partial charge in [0.15, 0.2) is 0 Å². The third kappa shape index (κ3) is 3.14. The van der Waals surface area contributed by atoms with Crippen LogP contribution in [0.15, 0.2) is 22.8 Å². The number of nitrogens with zero attached hydrogens (tertiary/aromatic N) is 2. The Balaban J connectivity index is 2.73. The van der Waals surface area contributed by atoms with Crippen molar-refractivity contribution in [2.75, 3.05) is 23.9 Å². The van der Waals surface area contributed by atoms with E-state index in [4.69, 9.17) is 11.6 Å². The molecule has 0 radical (unpaired) electrons. The van der Waals surface area contributed by atoms with E-state index in [1.165, 1.54) is 0 Å². The van der Waals surface area contributed by atoms with Crippen LogP contribution in [-0.2, 0) is 0 Å². The molecule has 2 nitrogen and oxygen atoms in total. The van der Waals surface area contributed by atoms with Gasteiger partial charge in [0.25, 0.3) is 0 Å². The van der Waals surface area contributed by atoms with Gasteiger partial charge in [-0.15, -0.1) is 11.6 Å². The van der Waals surface area contributed by atoms with E-state index in [0.29, 0.717) is 5.88 Å². The number of halogens is 2. The molecule has 0 amide bonds. The highest BCUT2D eigenvalue weighted by molar-refractivity contribution is 9.10. The second-order valence-corrected chi connectivity index (χ2v) is 4.16. The monoisotopic (exact) mass is 276 g/mol. The lowest BCUT2D eigenvalue weighted by Crippen LogP contribution is -2.25. The van der Waals surface area contributed by atoms with Gasteiger partial charge in [-0.3, -0.25) is 0 Å². The minimum Gasteiger partial charge on any atom is -0.356 e. The number of rotatable bonds is 5. The topological polar surface area (TPSA) is 16.1 Å². The first-order valence-corrected chi connectivity index (χ1v) is 6.03. The van der Waals surface area contributed by atoms with Gasteiger partial charge < -0.3 is 4.90 Å². The van der Waals surface area contributed by atoms with Gasteiger partial charge in [-0.1, -0.05) is 0 Å². The van der Waals surface area contributed by atoms with Crippen molar-refractivity contribution in [2.45, 2.75) is 13.3 Å². The van der Waals surface area contributed by atoms with Crippen molar-refractivity contribution in [3.05, 3.63) is 22.8 Å². The Morgan fingerprint density at radius 1 is 1.57 bits per heavy atom. The number of hydrogen-bond donors (Lipinski definition) is 0. The van der Waals surface area contributed by atoms with E-state index >= 15 is 0 Å². The molecule has 0 N–H and O–H groups in total. The average Bonchev–Trinajstić information content (AvgIpc) is 2.21. The summed E-state index contributed by atoms with van der Waals surface area (Å²) in [5.41, 5.74) is 0. The molecule has 0 saturated carbocycles. The van der Waals surface area contributed by atoms with Crippen LogP contribution in [0.3, 0.4) is 0 Å². The molecule has 0 aliphatic carbocycles. The van der Waals surface area contributed by atoms with Gasteiger partial charge in [0.05, 0.1) is 4.47 Å². The van der Waals surface area contributed by atoms with E-state index in [1.54, 1.807) is 0 Å². The molecule has 1 rings (SSSR count). The molecule has 4 heteroatoms. The Hall–Kier alpha value is -0.280. The Kier molecular flexibility index (Phi) is 5.26. The Bertz CT molecular complexity index is 281. The maximum atomic E-state index is 5.67. The van der Waals surface area contributed by atoms with Crippen molar-refractivity contribution in [1.82, 2.24) is 4.98 Å². The minimum atomic E-state index is 0.695. The van der Waals surface area contributed by atoms with Crippen LogP contribution in [-0.4, -0.2) is 24.0 Å². The van der Waals surface area contributed by atoms with Gasteiger partial charge >= 0.3 is 0 Å². The van der Waals surface area contributed by atoms with Crippen molar-refractivity contribution in [2.24, 2.45) is 0 Å². The standard InChI is InChI=1S/C10H14BrClN2/c1-2-14(8-4-6-12)10-9(11)5-3-7-13-10/h3,5,7H,2,4,6,8H2,1H3. The number of hydrogen-bond acceptors (Lipinski definition) is 2. The van der Waals surface area contributed by atoms with Gasteiger partial charge in [-0.2, -0.15) is 0 Å². The average molecular weight is 278 g/mol. The highest BCUT2D eigenvalue weighted by Crippen LogP contribution is 2.22. The zero-order valence-electron chi connectivity index (χ0n) is 8.21. The van der Waals surface area contributed by atoms with Crippen LogP contribution in [0.1, 0.15) is 13.3 Å². The molecule has 1 aromatic rings. The van der Waals surface area contributed by atoms with E-state index in [0.717, 1.165) is 29.8 Å². The van der Waals surface area contributed by atoms with Crippen molar-refractivity contribution in [3.8, 4) is 0 Å². The van der Waals surface area contributed by atoms with Crippen LogP contribution < -0.4 is 4.90 Å². The fraction of sp³-hybridized carbons (Fsp3) is 0.500. The van der Waals surface area contributed by atoms with Crippen LogP contribution in [0.25, 0.3) is 0 Å². The Labute approximate surface area is 98.4 Å². The van der Waals surface area contributed by atoms with Crippen molar-refractivity contribution in [1.29, 1.82) is 0 Å². The van der Waals surface area contributed by atoms with Crippen LogP contribution in [0.4, 0.5) is 5.82 Å². The van der Waals surface area contributed by atoms with Gasteiger partial charge in [0.1, 0.15) is 5.82 Å². The molecule has 0 saturated heterocycles. The lowest BCUT2D eigenvalue weighted by molar-refractivity contribution is 0.779. The lowest BCUT2D eigenvalue weighted by atomic mass is 10.3. The summed E-state index contributed by atoms with van der Waals surface area (Å²) >= 11 is 9.16. The quantitative estimate of drug-likeness (QED) is 0.768. The summed E-state index contributed by atoms with van der Waals surface area (Å²) in [6.45, 7) is 4.03. The fourth-order valence-corrected chi connectivity index (χ4v) is 1.90. The highest BCUT2D eigenvalue weighted by Gasteiger charge is 2.07. The first-order valence-electron chi connectivity index (χ1n) is 4.71. The molecule has 0 aliphatic rings. The molecule has 0 aromatic carbocycles. The first kappa shape index (κ1) is 11.8. The second-order valence-electron chi connectivity index (χ2n) is 2.93.